The van der Waals surface area contributed by atoms with Gasteiger partial charge < -0.3 is 15.0 Å². The van der Waals surface area contributed by atoms with Crippen molar-refractivity contribution in [2.45, 2.75) is 25.4 Å². The first-order valence-corrected chi connectivity index (χ1v) is 5.02. The molecule has 0 radical (unpaired) electrons. The lowest BCUT2D eigenvalue weighted by atomic mass is 10.4. The summed E-state index contributed by atoms with van der Waals surface area (Å²) in [5.74, 6) is 0. The molecule has 2 aliphatic rings. The standard InChI is InChI=1S/C9H16N2O2/c12-9(13-8-2-3-8)11-6-1-4-10-5-7-11/h8,10H,1-7H2. The van der Waals surface area contributed by atoms with E-state index < -0.39 is 0 Å². The van der Waals surface area contributed by atoms with Gasteiger partial charge in [-0.15, -0.1) is 0 Å². The van der Waals surface area contributed by atoms with Gasteiger partial charge in [-0.3, -0.25) is 0 Å². The van der Waals surface area contributed by atoms with E-state index in [0.29, 0.717) is 0 Å². The summed E-state index contributed by atoms with van der Waals surface area (Å²) in [6.07, 6.45) is 3.24. The number of ether oxygens (including phenoxy) is 1. The van der Waals surface area contributed by atoms with Gasteiger partial charge in [0.05, 0.1) is 0 Å². The summed E-state index contributed by atoms with van der Waals surface area (Å²) in [7, 11) is 0. The molecule has 0 aromatic heterocycles. The zero-order chi connectivity index (χ0) is 9.10. The first-order chi connectivity index (χ1) is 6.36. The van der Waals surface area contributed by atoms with Crippen LogP contribution in [0.1, 0.15) is 19.3 Å². The number of nitrogens with one attached hydrogen (secondary N) is 1. The van der Waals surface area contributed by atoms with Crippen molar-refractivity contribution in [2.75, 3.05) is 26.2 Å². The molecule has 1 heterocycles. The zero-order valence-electron chi connectivity index (χ0n) is 7.79. The summed E-state index contributed by atoms with van der Waals surface area (Å²) < 4.78 is 5.22. The number of nitrogens with zero attached hydrogens (tertiary/aromatic N) is 1. The highest BCUT2D eigenvalue weighted by Crippen LogP contribution is 2.24. The first kappa shape index (κ1) is 8.81. The number of hydrogen-bond donors (Lipinski definition) is 1. The lowest BCUT2D eigenvalue weighted by molar-refractivity contribution is 0.0981. The maximum Gasteiger partial charge on any atom is 0.410 e. The molecule has 4 heteroatoms. The van der Waals surface area contributed by atoms with Crippen molar-refractivity contribution in [1.29, 1.82) is 0 Å². The van der Waals surface area contributed by atoms with Crippen LogP contribution in [0.25, 0.3) is 0 Å². The summed E-state index contributed by atoms with van der Waals surface area (Å²) in [5, 5.41) is 3.25. The van der Waals surface area contributed by atoms with Crippen LogP contribution in [-0.2, 0) is 4.74 Å². The Morgan fingerprint density at radius 2 is 2.15 bits per heavy atom. The monoisotopic (exact) mass is 184 g/mol. The van der Waals surface area contributed by atoms with Crippen LogP contribution in [-0.4, -0.2) is 43.3 Å². The number of rotatable bonds is 1. The first-order valence-electron chi connectivity index (χ1n) is 5.02. The number of hydrogen-bond acceptors (Lipinski definition) is 3. The van der Waals surface area contributed by atoms with Gasteiger partial charge in [0.15, 0.2) is 0 Å². The van der Waals surface area contributed by atoms with Crippen molar-refractivity contribution in [3.8, 4) is 0 Å². The van der Waals surface area contributed by atoms with Crippen LogP contribution in [0, 0.1) is 0 Å². The molecular formula is C9H16N2O2. The zero-order valence-corrected chi connectivity index (χ0v) is 7.79. The van der Waals surface area contributed by atoms with Crippen LogP contribution in [0.3, 0.4) is 0 Å². The van der Waals surface area contributed by atoms with Gasteiger partial charge >= 0.3 is 6.09 Å². The molecule has 0 aromatic rings. The minimum Gasteiger partial charge on any atom is -0.446 e. The number of carbonyl (C=O) groups excluding carboxylic acids is 1. The fourth-order valence-corrected chi connectivity index (χ4v) is 1.43. The average molecular weight is 184 g/mol. The van der Waals surface area contributed by atoms with Crippen molar-refractivity contribution in [3.63, 3.8) is 0 Å². The van der Waals surface area contributed by atoms with Crippen molar-refractivity contribution in [2.24, 2.45) is 0 Å². The Labute approximate surface area is 78.2 Å². The third-order valence-corrected chi connectivity index (χ3v) is 2.39. The molecular weight excluding hydrogens is 168 g/mol. The molecule has 0 spiro atoms. The van der Waals surface area contributed by atoms with Gasteiger partial charge in [0.2, 0.25) is 0 Å². The van der Waals surface area contributed by atoms with Gasteiger partial charge in [-0.25, -0.2) is 4.79 Å². The van der Waals surface area contributed by atoms with Crippen LogP contribution < -0.4 is 5.32 Å². The molecule has 1 saturated carbocycles. The molecule has 1 saturated heterocycles. The molecule has 74 valence electrons. The fourth-order valence-electron chi connectivity index (χ4n) is 1.43. The molecule has 0 unspecified atom stereocenters. The van der Waals surface area contributed by atoms with Gasteiger partial charge in [0.25, 0.3) is 0 Å². The maximum atomic E-state index is 11.5. The second kappa shape index (κ2) is 3.96. The van der Waals surface area contributed by atoms with E-state index in [0.717, 1.165) is 45.4 Å². The summed E-state index contributed by atoms with van der Waals surface area (Å²) in [4.78, 5) is 13.3. The van der Waals surface area contributed by atoms with Crippen molar-refractivity contribution in [3.05, 3.63) is 0 Å². The second-order valence-electron chi connectivity index (χ2n) is 3.67. The Kier molecular flexibility index (Phi) is 2.68. The van der Waals surface area contributed by atoms with E-state index in [9.17, 15) is 4.79 Å². The van der Waals surface area contributed by atoms with Crippen LogP contribution in [0.2, 0.25) is 0 Å². The molecule has 0 bridgehead atoms. The summed E-state index contributed by atoms with van der Waals surface area (Å²) in [6.45, 7) is 3.51. The Morgan fingerprint density at radius 1 is 1.31 bits per heavy atom. The van der Waals surface area contributed by atoms with Gasteiger partial charge in [0, 0.05) is 19.6 Å². The normalized spacial score (nSPS) is 23.8. The summed E-state index contributed by atoms with van der Waals surface area (Å²) in [6, 6.07) is 0. The molecule has 1 aliphatic carbocycles. The smallest absolute Gasteiger partial charge is 0.410 e. The predicted molar refractivity (Wildman–Crippen MR) is 48.6 cm³/mol. The Bertz CT molecular complexity index is 184. The SMILES string of the molecule is O=C(OC1CC1)N1CCCNCC1. The number of amides is 1. The lowest BCUT2D eigenvalue weighted by Crippen LogP contribution is -2.35. The second-order valence-corrected chi connectivity index (χ2v) is 3.67. The fraction of sp³-hybridized carbons (Fsp3) is 0.889. The third-order valence-electron chi connectivity index (χ3n) is 2.39. The molecule has 1 N–H and O–H groups in total. The van der Waals surface area contributed by atoms with Gasteiger partial charge in [-0.1, -0.05) is 0 Å². The number of carbonyl (C=O) groups is 1. The van der Waals surface area contributed by atoms with Crippen molar-refractivity contribution in [1.82, 2.24) is 10.2 Å². The van der Waals surface area contributed by atoms with Crippen molar-refractivity contribution < 1.29 is 9.53 Å². The molecule has 2 rings (SSSR count). The van der Waals surface area contributed by atoms with Gasteiger partial charge in [0.1, 0.15) is 6.10 Å². The molecule has 1 amide bonds. The molecule has 4 nitrogen and oxygen atoms in total. The van der Waals surface area contributed by atoms with E-state index in [-0.39, 0.29) is 12.2 Å². The van der Waals surface area contributed by atoms with Crippen LogP contribution in [0.15, 0.2) is 0 Å². The minimum absolute atomic E-state index is 0.119. The van der Waals surface area contributed by atoms with Crippen LogP contribution in [0.5, 0.6) is 0 Å². The average Bonchev–Trinajstić information content (AvgIpc) is 2.87. The molecule has 0 atom stereocenters. The van der Waals surface area contributed by atoms with Crippen LogP contribution >= 0.6 is 0 Å². The highest BCUT2D eigenvalue weighted by atomic mass is 16.6. The maximum absolute atomic E-state index is 11.5. The van der Waals surface area contributed by atoms with E-state index in [1.807, 2.05) is 0 Å². The minimum atomic E-state index is -0.119. The van der Waals surface area contributed by atoms with E-state index in [4.69, 9.17) is 4.74 Å². The molecule has 0 aromatic carbocycles. The highest BCUT2D eigenvalue weighted by molar-refractivity contribution is 5.68. The van der Waals surface area contributed by atoms with Crippen LogP contribution in [0.4, 0.5) is 4.79 Å². The summed E-state index contributed by atoms with van der Waals surface area (Å²) >= 11 is 0. The molecule has 1 aliphatic heterocycles. The topological polar surface area (TPSA) is 41.6 Å². The highest BCUT2D eigenvalue weighted by Gasteiger charge is 2.28. The van der Waals surface area contributed by atoms with E-state index in [1.54, 1.807) is 4.90 Å². The van der Waals surface area contributed by atoms with Gasteiger partial charge in [-0.2, -0.15) is 0 Å². The quantitative estimate of drug-likeness (QED) is 0.648. The Hall–Kier alpha value is -0.770. The largest absolute Gasteiger partial charge is 0.446 e. The van der Waals surface area contributed by atoms with Gasteiger partial charge in [-0.05, 0) is 25.8 Å². The van der Waals surface area contributed by atoms with E-state index in [1.165, 1.54) is 0 Å². The summed E-state index contributed by atoms with van der Waals surface area (Å²) in [5.41, 5.74) is 0. The predicted octanol–water partition coefficient (Wildman–Crippen LogP) is 0.581. The lowest BCUT2D eigenvalue weighted by Gasteiger charge is -2.18. The van der Waals surface area contributed by atoms with E-state index in [2.05, 4.69) is 5.32 Å². The molecule has 13 heavy (non-hydrogen) atoms. The molecule has 2 fully saturated rings. The Balaban J connectivity index is 1.78. The van der Waals surface area contributed by atoms with Crippen molar-refractivity contribution >= 4 is 6.09 Å². The van der Waals surface area contributed by atoms with E-state index >= 15 is 0 Å². The third kappa shape index (κ3) is 2.59. The Morgan fingerprint density at radius 3 is 2.92 bits per heavy atom.